The zero-order valence-corrected chi connectivity index (χ0v) is 8.44. The van der Waals surface area contributed by atoms with Crippen molar-refractivity contribution in [3.05, 3.63) is 34.1 Å². The fraction of sp³-hybridized carbons (Fsp3) is 0.333. The molecule has 1 aromatic rings. The van der Waals surface area contributed by atoms with Gasteiger partial charge in [0.25, 0.3) is 0 Å². The lowest BCUT2D eigenvalue weighted by atomic mass is 10.1. The Labute approximate surface area is 79.9 Å². The summed E-state index contributed by atoms with van der Waals surface area (Å²) in [6, 6.07) is 4.69. The summed E-state index contributed by atoms with van der Waals surface area (Å²) in [5, 5.41) is 0. The van der Waals surface area contributed by atoms with Gasteiger partial charge in [-0.25, -0.2) is 4.39 Å². The van der Waals surface area contributed by atoms with Crippen molar-refractivity contribution in [2.75, 3.05) is 0 Å². The Morgan fingerprint density at radius 3 is 2.83 bits per heavy atom. The molecule has 66 valence electrons. The third-order valence-electron chi connectivity index (χ3n) is 1.55. The summed E-state index contributed by atoms with van der Waals surface area (Å²) in [4.78, 5) is 0. The minimum absolute atomic E-state index is 0.0584. The van der Waals surface area contributed by atoms with Crippen LogP contribution in [0.5, 0.6) is 0 Å². The van der Waals surface area contributed by atoms with Crippen LogP contribution >= 0.6 is 15.9 Å². The molecule has 1 rings (SSSR count). The van der Waals surface area contributed by atoms with Crippen LogP contribution in [0.1, 0.15) is 12.5 Å². The van der Waals surface area contributed by atoms with E-state index in [-0.39, 0.29) is 11.9 Å². The van der Waals surface area contributed by atoms with E-state index in [4.69, 9.17) is 5.73 Å². The lowest BCUT2D eigenvalue weighted by Gasteiger charge is -2.06. The predicted molar refractivity (Wildman–Crippen MR) is 51.5 cm³/mol. The molecule has 0 saturated carbocycles. The van der Waals surface area contributed by atoms with Crippen molar-refractivity contribution in [2.45, 2.75) is 19.4 Å². The Kier molecular flexibility index (Phi) is 3.23. The maximum atomic E-state index is 12.7. The average Bonchev–Trinajstić information content (AvgIpc) is 1.96. The molecule has 0 aromatic heterocycles. The number of hydrogen-bond donors (Lipinski definition) is 1. The molecule has 0 saturated heterocycles. The molecule has 3 heteroatoms. The number of rotatable bonds is 2. The van der Waals surface area contributed by atoms with E-state index in [1.165, 1.54) is 12.1 Å². The second-order valence-corrected chi connectivity index (χ2v) is 3.77. The van der Waals surface area contributed by atoms with Gasteiger partial charge in [-0.1, -0.05) is 15.9 Å². The number of benzene rings is 1. The molecule has 0 fully saturated rings. The van der Waals surface area contributed by atoms with Crippen LogP contribution in [0.4, 0.5) is 4.39 Å². The topological polar surface area (TPSA) is 26.0 Å². The third-order valence-corrected chi connectivity index (χ3v) is 2.32. The normalized spacial score (nSPS) is 13.0. The molecule has 0 heterocycles. The molecule has 0 bridgehead atoms. The first-order chi connectivity index (χ1) is 5.59. The summed E-state index contributed by atoms with van der Waals surface area (Å²) in [7, 11) is 0. The van der Waals surface area contributed by atoms with Crippen molar-refractivity contribution < 1.29 is 4.39 Å². The van der Waals surface area contributed by atoms with Gasteiger partial charge < -0.3 is 5.73 Å². The van der Waals surface area contributed by atoms with Crippen LogP contribution in [-0.4, -0.2) is 6.04 Å². The number of halogens is 2. The summed E-state index contributed by atoms with van der Waals surface area (Å²) in [5.41, 5.74) is 6.52. The van der Waals surface area contributed by atoms with Crippen LogP contribution in [0.3, 0.4) is 0 Å². The Hall–Kier alpha value is -0.410. The molecule has 1 aromatic carbocycles. The highest BCUT2D eigenvalue weighted by atomic mass is 79.9. The Morgan fingerprint density at radius 2 is 2.25 bits per heavy atom. The van der Waals surface area contributed by atoms with Gasteiger partial charge in [0.2, 0.25) is 0 Å². The van der Waals surface area contributed by atoms with Crippen LogP contribution < -0.4 is 5.73 Å². The minimum atomic E-state index is -0.214. The zero-order valence-electron chi connectivity index (χ0n) is 6.85. The van der Waals surface area contributed by atoms with Crippen LogP contribution in [-0.2, 0) is 6.42 Å². The highest BCUT2D eigenvalue weighted by molar-refractivity contribution is 9.10. The van der Waals surface area contributed by atoms with E-state index in [1.807, 2.05) is 6.92 Å². The average molecular weight is 232 g/mol. The first-order valence-electron chi connectivity index (χ1n) is 3.79. The first-order valence-corrected chi connectivity index (χ1v) is 4.58. The van der Waals surface area contributed by atoms with E-state index in [2.05, 4.69) is 15.9 Å². The van der Waals surface area contributed by atoms with Crippen molar-refractivity contribution in [1.82, 2.24) is 0 Å². The third kappa shape index (κ3) is 2.57. The van der Waals surface area contributed by atoms with Crippen molar-refractivity contribution in [2.24, 2.45) is 5.73 Å². The molecule has 0 amide bonds. The molecule has 0 aliphatic rings. The Morgan fingerprint density at radius 1 is 1.58 bits per heavy atom. The van der Waals surface area contributed by atoms with E-state index in [1.54, 1.807) is 6.07 Å². The van der Waals surface area contributed by atoms with E-state index < -0.39 is 0 Å². The van der Waals surface area contributed by atoms with Crippen molar-refractivity contribution in [1.29, 1.82) is 0 Å². The fourth-order valence-corrected chi connectivity index (χ4v) is 1.46. The van der Waals surface area contributed by atoms with Gasteiger partial charge >= 0.3 is 0 Å². The molecular formula is C9H11BrFN. The first kappa shape index (κ1) is 9.68. The maximum Gasteiger partial charge on any atom is 0.123 e. The lowest BCUT2D eigenvalue weighted by Crippen LogP contribution is -2.18. The Bertz CT molecular complexity index is 273. The molecular weight excluding hydrogens is 221 g/mol. The van der Waals surface area contributed by atoms with Crippen molar-refractivity contribution in [3.8, 4) is 0 Å². The Balaban J connectivity index is 2.90. The molecule has 0 aliphatic carbocycles. The molecule has 12 heavy (non-hydrogen) atoms. The summed E-state index contributed by atoms with van der Waals surface area (Å²) in [5.74, 6) is -0.214. The maximum absolute atomic E-state index is 12.7. The minimum Gasteiger partial charge on any atom is -0.328 e. The standard InChI is InChI=1S/C9H11BrFN/c1-6(12)4-7-5-8(11)2-3-9(7)10/h2-3,5-6H,4,12H2,1H3/t6-/m1/s1. The van der Waals surface area contributed by atoms with Gasteiger partial charge in [0, 0.05) is 10.5 Å². The molecule has 0 spiro atoms. The lowest BCUT2D eigenvalue weighted by molar-refractivity contribution is 0.622. The highest BCUT2D eigenvalue weighted by Crippen LogP contribution is 2.18. The van der Waals surface area contributed by atoms with Crippen LogP contribution in [0.25, 0.3) is 0 Å². The molecule has 0 radical (unpaired) electrons. The monoisotopic (exact) mass is 231 g/mol. The van der Waals surface area contributed by atoms with Gasteiger partial charge in [0.1, 0.15) is 5.82 Å². The smallest absolute Gasteiger partial charge is 0.123 e. The second-order valence-electron chi connectivity index (χ2n) is 2.92. The second kappa shape index (κ2) is 4.01. The SMILES string of the molecule is C[C@@H](N)Cc1cc(F)ccc1Br. The number of nitrogens with two attached hydrogens (primary N) is 1. The summed E-state index contributed by atoms with van der Waals surface area (Å²) in [6.07, 6.45) is 0.693. The van der Waals surface area contributed by atoms with E-state index in [9.17, 15) is 4.39 Å². The van der Waals surface area contributed by atoms with Gasteiger partial charge in [0.15, 0.2) is 0 Å². The quantitative estimate of drug-likeness (QED) is 0.832. The van der Waals surface area contributed by atoms with E-state index >= 15 is 0 Å². The van der Waals surface area contributed by atoms with Crippen molar-refractivity contribution in [3.63, 3.8) is 0 Å². The van der Waals surface area contributed by atoms with E-state index in [0.717, 1.165) is 10.0 Å². The van der Waals surface area contributed by atoms with E-state index in [0.29, 0.717) is 6.42 Å². The number of hydrogen-bond acceptors (Lipinski definition) is 1. The van der Waals surface area contributed by atoms with Crippen LogP contribution in [0.2, 0.25) is 0 Å². The molecule has 0 aliphatic heterocycles. The summed E-state index contributed by atoms with van der Waals surface area (Å²) >= 11 is 3.34. The fourth-order valence-electron chi connectivity index (χ4n) is 1.05. The summed E-state index contributed by atoms with van der Waals surface area (Å²) in [6.45, 7) is 1.90. The molecule has 2 N–H and O–H groups in total. The van der Waals surface area contributed by atoms with Gasteiger partial charge in [-0.05, 0) is 37.1 Å². The van der Waals surface area contributed by atoms with Crippen LogP contribution in [0, 0.1) is 5.82 Å². The van der Waals surface area contributed by atoms with Gasteiger partial charge in [-0.2, -0.15) is 0 Å². The largest absolute Gasteiger partial charge is 0.328 e. The molecule has 1 atom stereocenters. The zero-order chi connectivity index (χ0) is 9.14. The van der Waals surface area contributed by atoms with Crippen molar-refractivity contribution >= 4 is 15.9 Å². The highest BCUT2D eigenvalue weighted by Gasteiger charge is 2.03. The molecule has 1 nitrogen and oxygen atoms in total. The van der Waals surface area contributed by atoms with Gasteiger partial charge in [-0.3, -0.25) is 0 Å². The van der Waals surface area contributed by atoms with Crippen LogP contribution in [0.15, 0.2) is 22.7 Å². The van der Waals surface area contributed by atoms with Gasteiger partial charge in [0.05, 0.1) is 0 Å². The van der Waals surface area contributed by atoms with Gasteiger partial charge in [-0.15, -0.1) is 0 Å². The summed E-state index contributed by atoms with van der Waals surface area (Å²) < 4.78 is 13.7. The predicted octanol–water partition coefficient (Wildman–Crippen LogP) is 2.48. The molecule has 0 unspecified atom stereocenters.